The number of carbonyl (C=O) groups is 1. The van der Waals surface area contributed by atoms with E-state index in [4.69, 9.17) is 4.74 Å². The van der Waals surface area contributed by atoms with Crippen molar-refractivity contribution in [2.75, 3.05) is 18.6 Å². The fourth-order valence-electron chi connectivity index (χ4n) is 5.58. The zero-order chi connectivity index (χ0) is 26.3. The first-order valence-electron chi connectivity index (χ1n) is 11.8. The number of hydrogen-bond donors (Lipinski definition) is 2. The number of methoxy groups -OCH3 is 1. The van der Waals surface area contributed by atoms with Crippen LogP contribution in [0.1, 0.15) is 22.3 Å². The first-order valence-corrected chi connectivity index (χ1v) is 11.8. The van der Waals surface area contributed by atoms with Crippen molar-refractivity contribution < 1.29 is 32.2 Å². The predicted molar refractivity (Wildman–Crippen MR) is 128 cm³/mol. The van der Waals surface area contributed by atoms with E-state index in [2.05, 4.69) is 10.3 Å². The molecule has 2 aliphatic rings. The molecule has 0 bridgehead atoms. The van der Waals surface area contributed by atoms with Crippen LogP contribution in [0.15, 0.2) is 60.8 Å². The highest BCUT2D eigenvalue weighted by molar-refractivity contribution is 5.97. The second-order valence-electron chi connectivity index (χ2n) is 9.29. The molecule has 2 fully saturated rings. The number of pyridine rings is 1. The molecule has 2 aromatic carbocycles. The summed E-state index contributed by atoms with van der Waals surface area (Å²) in [5.74, 6) is -3.04. The third-order valence-corrected chi connectivity index (χ3v) is 7.37. The van der Waals surface area contributed by atoms with E-state index in [9.17, 15) is 27.5 Å². The molecule has 0 radical (unpaired) electrons. The number of anilines is 1. The number of alkyl halides is 2. The summed E-state index contributed by atoms with van der Waals surface area (Å²) in [4.78, 5) is 18.9. The van der Waals surface area contributed by atoms with Crippen molar-refractivity contribution in [2.45, 2.75) is 37.1 Å². The summed E-state index contributed by atoms with van der Waals surface area (Å²) in [5.41, 5.74) is 0.537. The summed E-state index contributed by atoms with van der Waals surface area (Å²) in [6.07, 6.45) is -2.98. The number of nitrogens with zero attached hydrogens (tertiary/aromatic N) is 2. The standard InChI is InChI=1S/C27H25F4N3O3/c1-37-26(36)17-12-21(16-7-8-19(28)20(29)11-16)32-14-22(17)34-10-9-18-23(34)27(18,24(35)25(30)31)33-13-15-5-3-2-4-6-15/h2-8,11-12,14,18,23-25,33,35H,9-10,13H2,1H3/t18?,23?,24-,27-/m1/s1. The number of halogens is 4. The van der Waals surface area contributed by atoms with E-state index < -0.39 is 41.7 Å². The van der Waals surface area contributed by atoms with Gasteiger partial charge < -0.3 is 20.1 Å². The summed E-state index contributed by atoms with van der Waals surface area (Å²) in [6, 6.07) is 13.4. The van der Waals surface area contributed by atoms with Crippen LogP contribution in [0.2, 0.25) is 0 Å². The first kappa shape index (κ1) is 25.2. The number of esters is 1. The van der Waals surface area contributed by atoms with Crippen LogP contribution in [0.5, 0.6) is 0 Å². The first-order chi connectivity index (χ1) is 17.8. The van der Waals surface area contributed by atoms with Gasteiger partial charge in [-0.05, 0) is 36.2 Å². The number of ether oxygens (including phenoxy) is 1. The van der Waals surface area contributed by atoms with Crippen molar-refractivity contribution in [3.63, 3.8) is 0 Å². The van der Waals surface area contributed by atoms with Crippen LogP contribution in [-0.4, -0.2) is 53.8 Å². The molecule has 1 saturated carbocycles. The summed E-state index contributed by atoms with van der Waals surface area (Å²) < 4.78 is 59.8. The van der Waals surface area contributed by atoms with Gasteiger partial charge in [-0.1, -0.05) is 30.3 Å². The lowest BCUT2D eigenvalue weighted by molar-refractivity contribution is -0.0398. The van der Waals surface area contributed by atoms with Crippen LogP contribution >= 0.6 is 0 Å². The summed E-state index contributed by atoms with van der Waals surface area (Å²) in [6.45, 7) is 0.735. The Bertz CT molecular complexity index is 1310. The largest absolute Gasteiger partial charge is 0.465 e. The maximum absolute atomic E-state index is 13.8. The van der Waals surface area contributed by atoms with Gasteiger partial charge in [-0.25, -0.2) is 22.4 Å². The molecule has 1 saturated heterocycles. The minimum absolute atomic E-state index is 0.105. The quantitative estimate of drug-likeness (QED) is 0.347. The van der Waals surface area contributed by atoms with Crippen molar-refractivity contribution in [1.82, 2.24) is 10.3 Å². The minimum Gasteiger partial charge on any atom is -0.465 e. The Morgan fingerprint density at radius 2 is 1.95 bits per heavy atom. The lowest BCUT2D eigenvalue weighted by Crippen LogP contribution is -2.54. The van der Waals surface area contributed by atoms with E-state index in [-0.39, 0.29) is 29.3 Å². The average Bonchev–Trinajstić information content (AvgIpc) is 3.32. The van der Waals surface area contributed by atoms with E-state index in [0.29, 0.717) is 18.7 Å². The van der Waals surface area contributed by atoms with Gasteiger partial charge in [-0.3, -0.25) is 4.98 Å². The second-order valence-corrected chi connectivity index (χ2v) is 9.29. The van der Waals surface area contributed by atoms with Crippen LogP contribution in [0.4, 0.5) is 23.2 Å². The van der Waals surface area contributed by atoms with Crippen molar-refractivity contribution >= 4 is 11.7 Å². The topological polar surface area (TPSA) is 74.7 Å². The lowest BCUT2D eigenvalue weighted by Gasteiger charge is -2.33. The van der Waals surface area contributed by atoms with E-state index in [0.717, 1.165) is 17.7 Å². The molecule has 5 rings (SSSR count). The van der Waals surface area contributed by atoms with Crippen LogP contribution in [0, 0.1) is 17.6 Å². The van der Waals surface area contributed by atoms with Gasteiger partial charge in [0.15, 0.2) is 11.6 Å². The molecular formula is C27H25F4N3O3. The zero-order valence-electron chi connectivity index (χ0n) is 19.9. The van der Waals surface area contributed by atoms with Gasteiger partial charge >= 0.3 is 5.97 Å². The van der Waals surface area contributed by atoms with E-state index in [1.54, 1.807) is 4.90 Å². The Balaban J connectivity index is 1.49. The SMILES string of the molecule is COC(=O)c1cc(-c2ccc(F)c(F)c2)ncc1N1CCC2C1[C@@]2(NCc1ccccc1)[C@H](O)C(F)F. The normalized spacial score (nSPS) is 23.2. The van der Waals surface area contributed by atoms with Crippen molar-refractivity contribution in [3.8, 4) is 11.3 Å². The molecule has 37 heavy (non-hydrogen) atoms. The Morgan fingerprint density at radius 3 is 2.62 bits per heavy atom. The third kappa shape index (κ3) is 4.34. The number of nitrogens with one attached hydrogen (secondary N) is 1. The van der Waals surface area contributed by atoms with E-state index in [1.165, 1.54) is 25.4 Å². The molecule has 3 aromatic rings. The fourth-order valence-corrected chi connectivity index (χ4v) is 5.58. The molecule has 1 aliphatic carbocycles. The highest BCUT2D eigenvalue weighted by Gasteiger charge is 2.74. The summed E-state index contributed by atoms with van der Waals surface area (Å²) in [7, 11) is 1.21. The number of benzene rings is 2. The van der Waals surface area contributed by atoms with Gasteiger partial charge in [-0.2, -0.15) is 0 Å². The minimum atomic E-state index is -2.97. The second kappa shape index (κ2) is 9.75. The molecule has 2 unspecified atom stereocenters. The van der Waals surface area contributed by atoms with Gasteiger partial charge in [0.25, 0.3) is 6.43 Å². The monoisotopic (exact) mass is 515 g/mol. The van der Waals surface area contributed by atoms with Gasteiger partial charge in [0, 0.05) is 24.6 Å². The predicted octanol–water partition coefficient (Wildman–Crippen LogP) is 4.18. The molecule has 6 nitrogen and oxygen atoms in total. The number of aliphatic hydroxyl groups is 1. The van der Waals surface area contributed by atoms with Crippen molar-refractivity contribution in [2.24, 2.45) is 5.92 Å². The highest BCUT2D eigenvalue weighted by Crippen LogP contribution is 2.58. The van der Waals surface area contributed by atoms with E-state index in [1.807, 2.05) is 30.3 Å². The van der Waals surface area contributed by atoms with Gasteiger partial charge in [0.05, 0.1) is 41.8 Å². The van der Waals surface area contributed by atoms with Crippen molar-refractivity contribution in [3.05, 3.63) is 83.6 Å². The molecule has 0 spiro atoms. The maximum Gasteiger partial charge on any atom is 0.340 e. The van der Waals surface area contributed by atoms with Gasteiger partial charge in [-0.15, -0.1) is 0 Å². The van der Waals surface area contributed by atoms with Crippen LogP contribution in [0.25, 0.3) is 11.3 Å². The number of piperidine rings is 1. The molecule has 0 amide bonds. The third-order valence-electron chi connectivity index (χ3n) is 7.37. The highest BCUT2D eigenvalue weighted by atomic mass is 19.3. The molecular weight excluding hydrogens is 490 g/mol. The maximum atomic E-state index is 13.8. The molecule has 194 valence electrons. The molecule has 4 atom stereocenters. The van der Waals surface area contributed by atoms with Crippen LogP contribution < -0.4 is 10.2 Å². The van der Waals surface area contributed by atoms with Crippen LogP contribution in [0.3, 0.4) is 0 Å². The van der Waals surface area contributed by atoms with Crippen LogP contribution in [-0.2, 0) is 11.3 Å². The Labute approximate surface area is 210 Å². The number of aromatic nitrogens is 1. The molecule has 2 N–H and O–H groups in total. The zero-order valence-corrected chi connectivity index (χ0v) is 19.9. The average molecular weight is 516 g/mol. The molecule has 1 aliphatic heterocycles. The van der Waals surface area contributed by atoms with E-state index >= 15 is 0 Å². The number of hydrogen-bond acceptors (Lipinski definition) is 6. The number of rotatable bonds is 8. The number of carbonyl (C=O) groups excluding carboxylic acids is 1. The molecule has 2 heterocycles. The molecule has 1 aromatic heterocycles. The smallest absolute Gasteiger partial charge is 0.340 e. The van der Waals surface area contributed by atoms with Gasteiger partial charge in [0.1, 0.15) is 6.10 Å². The Kier molecular flexibility index (Phi) is 6.63. The Hall–Kier alpha value is -3.50. The van der Waals surface area contributed by atoms with Crippen molar-refractivity contribution in [1.29, 1.82) is 0 Å². The van der Waals surface area contributed by atoms with Gasteiger partial charge in [0.2, 0.25) is 0 Å². The Morgan fingerprint density at radius 1 is 1.19 bits per heavy atom. The number of fused-ring (bicyclic) bond motifs is 1. The number of aliphatic hydroxyl groups excluding tert-OH is 1. The summed E-state index contributed by atoms with van der Waals surface area (Å²) in [5, 5.41) is 13.8. The fraction of sp³-hybridized carbons (Fsp3) is 0.333. The molecule has 10 heteroatoms. The summed E-state index contributed by atoms with van der Waals surface area (Å²) >= 11 is 0. The lowest BCUT2D eigenvalue weighted by atomic mass is 10.0.